The molecule has 1 aromatic heterocycles. The van der Waals surface area contributed by atoms with Crippen molar-refractivity contribution in [2.75, 3.05) is 37.8 Å². The third-order valence-corrected chi connectivity index (χ3v) is 9.90. The van der Waals surface area contributed by atoms with Crippen LogP contribution in [0.2, 0.25) is 0 Å². The van der Waals surface area contributed by atoms with E-state index in [2.05, 4.69) is 14.7 Å². The lowest BCUT2D eigenvalue weighted by Gasteiger charge is -2.44. The summed E-state index contributed by atoms with van der Waals surface area (Å²) in [7, 11) is 0.154. The minimum atomic E-state index is -3.78. The molecule has 5 atom stereocenters. The lowest BCUT2D eigenvalue weighted by atomic mass is 9.94. The van der Waals surface area contributed by atoms with Crippen LogP contribution in [0.1, 0.15) is 12.8 Å². The predicted molar refractivity (Wildman–Crippen MR) is 161 cm³/mol. The normalized spacial score (nSPS) is 25.1. The van der Waals surface area contributed by atoms with Gasteiger partial charge in [-0.3, -0.25) is 4.99 Å². The molecule has 0 spiro atoms. The average Bonchev–Trinajstić information content (AvgIpc) is 3.65. The molecule has 2 aliphatic heterocycles. The van der Waals surface area contributed by atoms with Crippen LogP contribution >= 0.6 is 11.8 Å². The Hall–Kier alpha value is -2.98. The lowest BCUT2D eigenvalue weighted by Crippen LogP contribution is -2.65. The summed E-state index contributed by atoms with van der Waals surface area (Å²) in [4.78, 5) is 12.4. The standard InChI is InChI=1S/C28H35N5O7S2/c1-32(2)19-10-8-17(9-11-19)22-15-30-26(40-22)18-6-5-7-20(14-18)42(38,39)31-13-4-3-12-29-28-33-21(16-41-28)23(34)24(35)25(36)27(33)37/h5-11,14-15,21,23-25,27,31,34-37H,3-4,12-13,16H2,1-2H3/t21-,23-,24+,25-,27-/m1/s1. The molecule has 2 saturated heterocycles. The quantitative estimate of drug-likeness (QED) is 0.208. The second kappa shape index (κ2) is 12.7. The first-order chi connectivity index (χ1) is 20.1. The number of nitrogens with zero attached hydrogens (tertiary/aromatic N) is 4. The van der Waals surface area contributed by atoms with Crippen LogP contribution in [0.15, 0.2) is 69.0 Å². The van der Waals surface area contributed by atoms with E-state index in [1.807, 2.05) is 43.3 Å². The van der Waals surface area contributed by atoms with E-state index in [0.717, 1.165) is 11.3 Å². The highest BCUT2D eigenvalue weighted by atomic mass is 32.2. The molecular formula is C28H35N5O7S2. The number of rotatable bonds is 10. The molecule has 3 heterocycles. The van der Waals surface area contributed by atoms with Crippen molar-refractivity contribution in [1.29, 1.82) is 0 Å². The van der Waals surface area contributed by atoms with E-state index in [9.17, 15) is 28.8 Å². The number of aliphatic hydroxyl groups is 4. The summed E-state index contributed by atoms with van der Waals surface area (Å²) in [6, 6.07) is 13.7. The Balaban J connectivity index is 1.14. The Bertz CT molecular complexity index is 1510. The Morgan fingerprint density at radius 2 is 1.81 bits per heavy atom. The molecule has 5 N–H and O–H groups in total. The van der Waals surface area contributed by atoms with Gasteiger partial charge in [-0.1, -0.05) is 17.8 Å². The Morgan fingerprint density at radius 1 is 1.05 bits per heavy atom. The van der Waals surface area contributed by atoms with Gasteiger partial charge in [0.1, 0.15) is 18.3 Å². The van der Waals surface area contributed by atoms with Crippen LogP contribution < -0.4 is 9.62 Å². The van der Waals surface area contributed by atoms with Gasteiger partial charge in [0.25, 0.3) is 0 Å². The maximum atomic E-state index is 13.0. The molecule has 0 saturated carbocycles. The van der Waals surface area contributed by atoms with Crippen molar-refractivity contribution in [3.05, 3.63) is 54.7 Å². The van der Waals surface area contributed by atoms with Gasteiger partial charge in [-0.25, -0.2) is 18.1 Å². The summed E-state index contributed by atoms with van der Waals surface area (Å²) in [6.07, 6.45) is -2.76. The fourth-order valence-corrected chi connectivity index (χ4v) is 7.26. The zero-order valence-corrected chi connectivity index (χ0v) is 24.9. The number of oxazole rings is 1. The number of thioether (sulfide) groups is 1. The third kappa shape index (κ3) is 6.34. The fourth-order valence-electron chi connectivity index (χ4n) is 4.89. The van der Waals surface area contributed by atoms with Gasteiger partial charge in [0, 0.05) is 49.8 Å². The van der Waals surface area contributed by atoms with E-state index in [0.29, 0.717) is 47.5 Å². The molecule has 12 nitrogen and oxygen atoms in total. The van der Waals surface area contributed by atoms with Crippen molar-refractivity contribution in [1.82, 2.24) is 14.6 Å². The van der Waals surface area contributed by atoms with E-state index in [4.69, 9.17) is 4.42 Å². The zero-order chi connectivity index (χ0) is 30.0. The van der Waals surface area contributed by atoms with Crippen molar-refractivity contribution in [2.24, 2.45) is 4.99 Å². The molecule has 2 aliphatic rings. The number of aliphatic hydroxyl groups excluding tert-OH is 4. The minimum absolute atomic E-state index is 0.0992. The van der Waals surface area contributed by atoms with E-state index >= 15 is 0 Å². The van der Waals surface area contributed by atoms with Crippen LogP contribution in [-0.2, 0) is 10.0 Å². The van der Waals surface area contributed by atoms with Crippen LogP contribution in [0.4, 0.5) is 5.69 Å². The first kappa shape index (κ1) is 30.5. The van der Waals surface area contributed by atoms with Gasteiger partial charge in [0.05, 0.1) is 17.1 Å². The molecule has 3 aromatic rings. The number of anilines is 1. The highest BCUT2D eigenvalue weighted by molar-refractivity contribution is 8.14. The lowest BCUT2D eigenvalue weighted by molar-refractivity contribution is -0.190. The summed E-state index contributed by atoms with van der Waals surface area (Å²) < 4.78 is 34.5. The molecule has 42 heavy (non-hydrogen) atoms. The van der Waals surface area contributed by atoms with Crippen molar-refractivity contribution in [3.63, 3.8) is 0 Å². The molecule has 14 heteroatoms. The first-order valence-corrected chi connectivity index (χ1v) is 16.1. The smallest absolute Gasteiger partial charge is 0.240 e. The van der Waals surface area contributed by atoms with Gasteiger partial charge in [0.2, 0.25) is 15.9 Å². The number of aliphatic imine (C=N–C) groups is 1. The third-order valence-electron chi connectivity index (χ3n) is 7.34. The summed E-state index contributed by atoms with van der Waals surface area (Å²) in [6.45, 7) is 0.573. The van der Waals surface area contributed by atoms with E-state index < -0.39 is 40.6 Å². The van der Waals surface area contributed by atoms with Crippen LogP contribution in [0.5, 0.6) is 0 Å². The Kier molecular flexibility index (Phi) is 9.23. The molecule has 0 aliphatic carbocycles. The number of hydrogen-bond acceptors (Lipinski definition) is 11. The van der Waals surface area contributed by atoms with Crippen LogP contribution in [0, 0.1) is 0 Å². The minimum Gasteiger partial charge on any atom is -0.436 e. The monoisotopic (exact) mass is 617 g/mol. The molecule has 5 rings (SSSR count). The topological polar surface area (TPSA) is 172 Å². The summed E-state index contributed by atoms with van der Waals surface area (Å²) in [5, 5.41) is 40.9. The van der Waals surface area contributed by atoms with Crippen LogP contribution in [0.3, 0.4) is 0 Å². The van der Waals surface area contributed by atoms with Crippen molar-refractivity contribution >= 4 is 32.6 Å². The number of hydrogen-bond donors (Lipinski definition) is 5. The fraction of sp³-hybridized carbons (Fsp3) is 0.429. The first-order valence-electron chi connectivity index (χ1n) is 13.6. The number of aromatic nitrogens is 1. The van der Waals surface area contributed by atoms with Crippen molar-refractivity contribution in [3.8, 4) is 22.8 Å². The Morgan fingerprint density at radius 3 is 2.55 bits per heavy atom. The molecular weight excluding hydrogens is 582 g/mol. The van der Waals surface area contributed by atoms with Gasteiger partial charge in [0.15, 0.2) is 17.2 Å². The maximum Gasteiger partial charge on any atom is 0.240 e. The SMILES string of the molecule is CN(C)c1ccc(-c2cnc(-c3cccc(S(=O)(=O)NCCCCN=C4SC[C@@H]5[C@@H](O)[C@H](O)[C@@H](O)[C@@H](O)N45)c3)o2)cc1. The number of benzene rings is 2. The van der Waals surface area contributed by atoms with Gasteiger partial charge in [-0.05, 0) is 55.3 Å². The number of sulfonamides is 1. The molecule has 2 aromatic carbocycles. The van der Waals surface area contributed by atoms with E-state index in [-0.39, 0.29) is 11.4 Å². The molecule has 2 fully saturated rings. The summed E-state index contributed by atoms with van der Waals surface area (Å²) in [5.41, 5.74) is 2.46. The number of fused-ring (bicyclic) bond motifs is 1. The van der Waals surface area contributed by atoms with Gasteiger partial charge in [-0.15, -0.1) is 0 Å². The highest BCUT2D eigenvalue weighted by Crippen LogP contribution is 2.34. The highest BCUT2D eigenvalue weighted by Gasteiger charge is 2.51. The average molecular weight is 618 g/mol. The molecule has 0 amide bonds. The second-order valence-electron chi connectivity index (χ2n) is 10.4. The number of piperidine rings is 1. The predicted octanol–water partition coefficient (Wildman–Crippen LogP) is 1.32. The largest absolute Gasteiger partial charge is 0.436 e. The van der Waals surface area contributed by atoms with E-state index in [1.54, 1.807) is 18.3 Å². The van der Waals surface area contributed by atoms with Crippen molar-refractivity contribution in [2.45, 2.75) is 48.3 Å². The molecule has 0 bridgehead atoms. The molecule has 0 unspecified atom stereocenters. The zero-order valence-electron chi connectivity index (χ0n) is 23.2. The summed E-state index contributed by atoms with van der Waals surface area (Å²) in [5.74, 6) is 1.33. The van der Waals surface area contributed by atoms with Crippen LogP contribution in [-0.4, -0.2) is 107 Å². The maximum absolute atomic E-state index is 13.0. The van der Waals surface area contributed by atoms with Gasteiger partial charge < -0.3 is 34.6 Å². The van der Waals surface area contributed by atoms with Gasteiger partial charge in [-0.2, -0.15) is 0 Å². The number of unbranched alkanes of at least 4 members (excludes halogenated alkanes) is 1. The van der Waals surface area contributed by atoms with Crippen molar-refractivity contribution < 1.29 is 33.3 Å². The molecule has 0 radical (unpaired) electrons. The number of nitrogens with one attached hydrogen (secondary N) is 1. The second-order valence-corrected chi connectivity index (χ2v) is 13.2. The van der Waals surface area contributed by atoms with Gasteiger partial charge >= 0.3 is 0 Å². The van der Waals surface area contributed by atoms with Crippen LogP contribution in [0.25, 0.3) is 22.8 Å². The Labute approximate surface area is 248 Å². The summed E-state index contributed by atoms with van der Waals surface area (Å²) >= 11 is 1.33. The van der Waals surface area contributed by atoms with E-state index in [1.165, 1.54) is 28.8 Å². The number of amidine groups is 1. The molecule has 226 valence electrons.